The van der Waals surface area contributed by atoms with Crippen LogP contribution in [0, 0.1) is 0 Å². The van der Waals surface area contributed by atoms with Crippen molar-refractivity contribution in [3.63, 3.8) is 0 Å². The number of carboxylic acid groups (broad SMARTS) is 1. The zero-order valence-electron chi connectivity index (χ0n) is 17.0. The standard InChI is InChI=1S/C25H27NO4/c27-24(28)13-5-2-8-16-26(25(29)30-19-20-9-3-1-4-10-20)18-21-14-15-22-11-6-7-12-23(22)17-21/h1,3-4,6-7,9-12,14-15,17H,2,5,8,13,16,18-19H2,(H,27,28). The average molecular weight is 405 g/mol. The van der Waals surface area contributed by atoms with Gasteiger partial charge in [0.15, 0.2) is 0 Å². The molecule has 0 spiro atoms. The highest BCUT2D eigenvalue weighted by atomic mass is 16.6. The Morgan fingerprint density at radius 3 is 2.30 bits per heavy atom. The molecule has 0 heterocycles. The molecule has 3 rings (SSSR count). The Labute approximate surface area is 176 Å². The predicted molar refractivity (Wildman–Crippen MR) is 117 cm³/mol. The van der Waals surface area contributed by atoms with Crippen LogP contribution in [-0.4, -0.2) is 28.6 Å². The quantitative estimate of drug-likeness (QED) is 0.444. The van der Waals surface area contributed by atoms with Crippen molar-refractivity contribution in [1.29, 1.82) is 0 Å². The van der Waals surface area contributed by atoms with Crippen LogP contribution in [0.1, 0.15) is 36.8 Å². The van der Waals surface area contributed by atoms with Crippen LogP contribution in [0.2, 0.25) is 0 Å². The summed E-state index contributed by atoms with van der Waals surface area (Å²) in [5.41, 5.74) is 1.98. The van der Waals surface area contributed by atoms with E-state index in [4.69, 9.17) is 9.84 Å². The van der Waals surface area contributed by atoms with Gasteiger partial charge in [-0.05, 0) is 40.8 Å². The van der Waals surface area contributed by atoms with Gasteiger partial charge in [0.25, 0.3) is 0 Å². The number of hydrogen-bond acceptors (Lipinski definition) is 3. The van der Waals surface area contributed by atoms with E-state index >= 15 is 0 Å². The first-order valence-corrected chi connectivity index (χ1v) is 10.3. The molecular formula is C25H27NO4. The molecule has 0 bridgehead atoms. The third kappa shape index (κ3) is 6.62. The third-order valence-corrected chi connectivity index (χ3v) is 4.97. The van der Waals surface area contributed by atoms with Crippen molar-refractivity contribution in [1.82, 2.24) is 4.90 Å². The van der Waals surface area contributed by atoms with Crippen LogP contribution in [0.4, 0.5) is 4.79 Å². The largest absolute Gasteiger partial charge is 0.481 e. The van der Waals surface area contributed by atoms with E-state index in [-0.39, 0.29) is 19.1 Å². The highest BCUT2D eigenvalue weighted by Gasteiger charge is 2.16. The fraction of sp³-hybridized carbons (Fsp3) is 0.280. The Morgan fingerprint density at radius 2 is 1.53 bits per heavy atom. The lowest BCUT2D eigenvalue weighted by Crippen LogP contribution is -2.32. The second-order valence-electron chi connectivity index (χ2n) is 7.35. The highest BCUT2D eigenvalue weighted by Crippen LogP contribution is 2.18. The SMILES string of the molecule is O=C(O)CCCCCN(Cc1ccc2ccccc2c1)C(=O)OCc1ccccc1. The van der Waals surface area contributed by atoms with Crippen molar-refractivity contribution < 1.29 is 19.4 Å². The monoisotopic (exact) mass is 405 g/mol. The summed E-state index contributed by atoms with van der Waals surface area (Å²) in [5.74, 6) is -0.787. The molecule has 0 aliphatic carbocycles. The zero-order chi connectivity index (χ0) is 21.2. The van der Waals surface area contributed by atoms with E-state index in [1.165, 1.54) is 0 Å². The molecule has 1 N–H and O–H groups in total. The number of nitrogens with zero attached hydrogens (tertiary/aromatic N) is 1. The lowest BCUT2D eigenvalue weighted by Gasteiger charge is -2.22. The van der Waals surface area contributed by atoms with Crippen molar-refractivity contribution in [2.75, 3.05) is 6.54 Å². The summed E-state index contributed by atoms with van der Waals surface area (Å²) in [6.07, 6.45) is 1.90. The number of carboxylic acids is 1. The first-order chi connectivity index (χ1) is 14.6. The molecular weight excluding hydrogens is 378 g/mol. The van der Waals surface area contributed by atoms with Crippen LogP contribution in [0.3, 0.4) is 0 Å². The third-order valence-electron chi connectivity index (χ3n) is 4.97. The molecule has 0 aliphatic heterocycles. The minimum atomic E-state index is -0.787. The number of fused-ring (bicyclic) bond motifs is 1. The van der Waals surface area contributed by atoms with Crippen molar-refractivity contribution in [3.05, 3.63) is 83.9 Å². The molecule has 3 aromatic rings. The van der Waals surface area contributed by atoms with Gasteiger partial charge in [-0.3, -0.25) is 4.79 Å². The number of ether oxygens (including phenoxy) is 1. The number of hydrogen-bond donors (Lipinski definition) is 1. The van der Waals surface area contributed by atoms with Crippen LogP contribution in [0.5, 0.6) is 0 Å². The maximum Gasteiger partial charge on any atom is 0.410 e. The smallest absolute Gasteiger partial charge is 0.410 e. The lowest BCUT2D eigenvalue weighted by atomic mass is 10.1. The Bertz CT molecular complexity index is 971. The molecule has 5 nitrogen and oxygen atoms in total. The topological polar surface area (TPSA) is 66.8 Å². The van der Waals surface area contributed by atoms with Crippen LogP contribution in [-0.2, 0) is 22.7 Å². The molecule has 3 aromatic carbocycles. The fourth-order valence-corrected chi connectivity index (χ4v) is 3.36. The predicted octanol–water partition coefficient (Wildman–Crippen LogP) is 5.62. The van der Waals surface area contributed by atoms with Gasteiger partial charge in [0.1, 0.15) is 6.61 Å². The van der Waals surface area contributed by atoms with Gasteiger partial charge in [-0.1, -0.05) is 73.2 Å². The molecule has 0 fully saturated rings. The Kier molecular flexibility index (Phi) is 7.84. The zero-order valence-corrected chi connectivity index (χ0v) is 17.0. The number of unbranched alkanes of at least 4 members (excludes halogenated alkanes) is 2. The minimum absolute atomic E-state index is 0.156. The molecule has 1 amide bonds. The van der Waals surface area contributed by atoms with Crippen molar-refractivity contribution in [2.45, 2.75) is 38.8 Å². The number of aliphatic carboxylic acids is 1. The number of benzene rings is 3. The number of carbonyl (C=O) groups excluding carboxylic acids is 1. The second-order valence-corrected chi connectivity index (χ2v) is 7.35. The van der Waals surface area contributed by atoms with Gasteiger partial charge in [-0.2, -0.15) is 0 Å². The van der Waals surface area contributed by atoms with E-state index in [2.05, 4.69) is 24.3 Å². The fourth-order valence-electron chi connectivity index (χ4n) is 3.36. The minimum Gasteiger partial charge on any atom is -0.481 e. The van der Waals surface area contributed by atoms with Gasteiger partial charge in [-0.25, -0.2) is 4.79 Å². The van der Waals surface area contributed by atoms with Gasteiger partial charge in [0.2, 0.25) is 0 Å². The van der Waals surface area contributed by atoms with Crippen LogP contribution < -0.4 is 0 Å². The molecule has 0 aliphatic rings. The normalized spacial score (nSPS) is 10.7. The molecule has 0 saturated carbocycles. The molecule has 156 valence electrons. The van der Waals surface area contributed by atoms with Crippen LogP contribution >= 0.6 is 0 Å². The van der Waals surface area contributed by atoms with Gasteiger partial charge in [0, 0.05) is 19.5 Å². The Balaban J connectivity index is 1.63. The highest BCUT2D eigenvalue weighted by molar-refractivity contribution is 5.83. The molecule has 0 atom stereocenters. The summed E-state index contributed by atoms with van der Waals surface area (Å²) in [6.45, 7) is 1.21. The number of rotatable bonds is 10. The van der Waals surface area contributed by atoms with Gasteiger partial charge in [-0.15, -0.1) is 0 Å². The van der Waals surface area contributed by atoms with E-state index in [1.54, 1.807) is 4.90 Å². The van der Waals surface area contributed by atoms with Gasteiger partial charge in [0.05, 0.1) is 0 Å². The van der Waals surface area contributed by atoms with Crippen LogP contribution in [0.15, 0.2) is 72.8 Å². The Hall–Kier alpha value is -3.34. The first-order valence-electron chi connectivity index (χ1n) is 10.3. The summed E-state index contributed by atoms with van der Waals surface area (Å²) >= 11 is 0. The molecule has 30 heavy (non-hydrogen) atoms. The summed E-state index contributed by atoms with van der Waals surface area (Å²) in [7, 11) is 0. The lowest BCUT2D eigenvalue weighted by molar-refractivity contribution is -0.137. The van der Waals surface area contributed by atoms with Gasteiger partial charge >= 0.3 is 12.1 Å². The summed E-state index contributed by atoms with van der Waals surface area (Å²) in [6, 6.07) is 23.9. The molecule has 0 radical (unpaired) electrons. The summed E-state index contributed by atoms with van der Waals surface area (Å²) in [4.78, 5) is 25.2. The second kappa shape index (κ2) is 11.0. The number of carbonyl (C=O) groups is 2. The van der Waals surface area contributed by atoms with Crippen molar-refractivity contribution in [2.24, 2.45) is 0 Å². The average Bonchev–Trinajstić information content (AvgIpc) is 2.77. The van der Waals surface area contributed by atoms with E-state index < -0.39 is 5.97 Å². The van der Waals surface area contributed by atoms with Crippen LogP contribution in [0.25, 0.3) is 10.8 Å². The summed E-state index contributed by atoms with van der Waals surface area (Å²) in [5, 5.41) is 11.1. The summed E-state index contributed by atoms with van der Waals surface area (Å²) < 4.78 is 5.54. The van der Waals surface area contributed by atoms with E-state index in [1.807, 2.05) is 48.5 Å². The molecule has 0 unspecified atom stereocenters. The van der Waals surface area contributed by atoms with E-state index in [9.17, 15) is 9.59 Å². The maximum atomic E-state index is 12.8. The number of amides is 1. The Morgan fingerprint density at radius 1 is 0.800 bits per heavy atom. The molecule has 0 aromatic heterocycles. The van der Waals surface area contributed by atoms with E-state index in [0.29, 0.717) is 19.5 Å². The van der Waals surface area contributed by atoms with E-state index in [0.717, 1.165) is 34.7 Å². The molecule has 0 saturated heterocycles. The first kappa shape index (κ1) is 21.4. The van der Waals surface area contributed by atoms with Gasteiger partial charge < -0.3 is 14.7 Å². The van der Waals surface area contributed by atoms with Crippen molar-refractivity contribution in [3.8, 4) is 0 Å². The molecule has 5 heteroatoms. The van der Waals surface area contributed by atoms with Crippen molar-refractivity contribution >= 4 is 22.8 Å². The maximum absolute atomic E-state index is 12.8.